The molecule has 0 spiro atoms. The predicted octanol–water partition coefficient (Wildman–Crippen LogP) is 2.48. The minimum absolute atomic E-state index is 0.0685. The molecule has 1 amide bonds. The van der Waals surface area contributed by atoms with Crippen LogP contribution in [0.5, 0.6) is 0 Å². The minimum atomic E-state index is -0.225. The van der Waals surface area contributed by atoms with Crippen LogP contribution in [0, 0.1) is 5.82 Å². The van der Waals surface area contributed by atoms with Crippen molar-refractivity contribution >= 4 is 5.91 Å². The van der Waals surface area contributed by atoms with Gasteiger partial charge in [-0.2, -0.15) is 5.10 Å². The van der Waals surface area contributed by atoms with E-state index in [1.54, 1.807) is 23.0 Å². The standard InChI is InChI=1S/C18H20FN3O2/c1-22-9-15(17(21-22)12-6-7-24-10-12)18(23)20-16-5-2-11-8-13(19)3-4-14(11)16/h3-4,8-9,12,16H,2,5-7,10H2,1H3,(H,20,23)/t12-,16+/m0/s1. The zero-order valence-corrected chi connectivity index (χ0v) is 13.6. The third-order valence-corrected chi connectivity index (χ3v) is 4.91. The topological polar surface area (TPSA) is 56.2 Å². The van der Waals surface area contributed by atoms with Crippen LogP contribution in [-0.2, 0) is 18.2 Å². The Labute approximate surface area is 139 Å². The van der Waals surface area contributed by atoms with Crippen molar-refractivity contribution in [1.29, 1.82) is 0 Å². The molecule has 4 rings (SSSR count). The number of fused-ring (bicyclic) bond motifs is 1. The molecule has 6 heteroatoms. The van der Waals surface area contributed by atoms with Crippen LogP contribution in [0.2, 0.25) is 0 Å². The molecule has 2 aliphatic rings. The van der Waals surface area contributed by atoms with Gasteiger partial charge in [0.1, 0.15) is 5.82 Å². The van der Waals surface area contributed by atoms with E-state index in [4.69, 9.17) is 4.74 Å². The molecule has 1 aromatic heterocycles. The maximum absolute atomic E-state index is 13.3. The van der Waals surface area contributed by atoms with Crippen LogP contribution in [0.15, 0.2) is 24.4 Å². The van der Waals surface area contributed by atoms with Gasteiger partial charge in [0.15, 0.2) is 0 Å². The first kappa shape index (κ1) is 15.3. The largest absolute Gasteiger partial charge is 0.381 e. The maximum Gasteiger partial charge on any atom is 0.255 e. The number of carbonyl (C=O) groups is 1. The summed E-state index contributed by atoms with van der Waals surface area (Å²) in [5, 5.41) is 7.56. The molecule has 1 aliphatic heterocycles. The fourth-order valence-corrected chi connectivity index (χ4v) is 3.70. The number of nitrogens with one attached hydrogen (secondary N) is 1. The van der Waals surface area contributed by atoms with E-state index >= 15 is 0 Å². The third kappa shape index (κ3) is 2.71. The highest BCUT2D eigenvalue weighted by molar-refractivity contribution is 5.95. The SMILES string of the molecule is Cn1cc(C(=O)N[C@@H]2CCc3cc(F)ccc32)c([C@H]2CCOC2)n1. The first-order valence-electron chi connectivity index (χ1n) is 8.32. The van der Waals surface area contributed by atoms with Crippen molar-refractivity contribution in [3.63, 3.8) is 0 Å². The van der Waals surface area contributed by atoms with E-state index in [-0.39, 0.29) is 23.7 Å². The number of halogens is 1. The highest BCUT2D eigenvalue weighted by Gasteiger charge is 2.29. The van der Waals surface area contributed by atoms with Crippen molar-refractivity contribution < 1.29 is 13.9 Å². The minimum Gasteiger partial charge on any atom is -0.381 e. The first-order valence-corrected chi connectivity index (χ1v) is 8.32. The molecule has 0 bridgehead atoms. The van der Waals surface area contributed by atoms with Crippen molar-refractivity contribution in [3.05, 3.63) is 52.6 Å². The van der Waals surface area contributed by atoms with Gasteiger partial charge >= 0.3 is 0 Å². The first-order chi connectivity index (χ1) is 11.6. The number of hydrogen-bond donors (Lipinski definition) is 1. The Morgan fingerprint density at radius 1 is 1.42 bits per heavy atom. The Morgan fingerprint density at radius 2 is 2.29 bits per heavy atom. The zero-order chi connectivity index (χ0) is 16.7. The highest BCUT2D eigenvalue weighted by Crippen LogP contribution is 2.32. The lowest BCUT2D eigenvalue weighted by Gasteiger charge is -2.15. The molecule has 2 heterocycles. The number of aryl methyl sites for hydroxylation is 2. The van der Waals surface area contributed by atoms with E-state index in [1.807, 2.05) is 7.05 Å². The van der Waals surface area contributed by atoms with E-state index in [2.05, 4.69) is 10.4 Å². The van der Waals surface area contributed by atoms with Crippen molar-refractivity contribution in [3.8, 4) is 0 Å². The number of rotatable bonds is 3. The fraction of sp³-hybridized carbons (Fsp3) is 0.444. The van der Waals surface area contributed by atoms with Gasteiger partial charge in [-0.05, 0) is 42.5 Å². The van der Waals surface area contributed by atoms with Crippen LogP contribution in [0.3, 0.4) is 0 Å². The highest BCUT2D eigenvalue weighted by atomic mass is 19.1. The van der Waals surface area contributed by atoms with Crippen LogP contribution in [0.4, 0.5) is 4.39 Å². The average molecular weight is 329 g/mol. The Kier molecular flexibility index (Phi) is 3.84. The molecule has 0 saturated carbocycles. The summed E-state index contributed by atoms with van der Waals surface area (Å²) >= 11 is 0. The number of ether oxygens (including phenoxy) is 1. The van der Waals surface area contributed by atoms with E-state index in [9.17, 15) is 9.18 Å². The molecule has 1 fully saturated rings. The second-order valence-electron chi connectivity index (χ2n) is 6.57. The average Bonchev–Trinajstić information content (AvgIpc) is 3.26. The summed E-state index contributed by atoms with van der Waals surface area (Å²) in [4.78, 5) is 12.8. The summed E-state index contributed by atoms with van der Waals surface area (Å²) in [6.45, 7) is 1.33. The summed E-state index contributed by atoms with van der Waals surface area (Å²) in [6, 6.07) is 4.72. The molecule has 2 atom stereocenters. The van der Waals surface area contributed by atoms with Crippen molar-refractivity contribution in [2.75, 3.05) is 13.2 Å². The molecule has 24 heavy (non-hydrogen) atoms. The molecular weight excluding hydrogens is 309 g/mol. The summed E-state index contributed by atoms with van der Waals surface area (Å²) in [7, 11) is 1.82. The van der Waals surface area contributed by atoms with Crippen molar-refractivity contribution in [1.82, 2.24) is 15.1 Å². The smallest absolute Gasteiger partial charge is 0.255 e. The quantitative estimate of drug-likeness (QED) is 0.941. The van der Waals surface area contributed by atoms with Gasteiger partial charge < -0.3 is 10.1 Å². The number of amides is 1. The Balaban J connectivity index is 1.56. The Hall–Kier alpha value is -2.21. The van der Waals surface area contributed by atoms with E-state index in [0.29, 0.717) is 18.8 Å². The Bertz CT molecular complexity index is 781. The number of carbonyl (C=O) groups excluding carboxylic acids is 1. The van der Waals surface area contributed by atoms with Crippen molar-refractivity contribution in [2.45, 2.75) is 31.2 Å². The van der Waals surface area contributed by atoms with Crippen LogP contribution in [0.1, 0.15) is 52.0 Å². The van der Waals surface area contributed by atoms with Gasteiger partial charge in [0.25, 0.3) is 5.91 Å². The van der Waals surface area contributed by atoms with E-state index in [0.717, 1.165) is 36.1 Å². The Morgan fingerprint density at radius 3 is 3.08 bits per heavy atom. The molecular formula is C18H20FN3O2. The number of nitrogens with zero attached hydrogens (tertiary/aromatic N) is 2. The molecule has 1 aliphatic carbocycles. The second-order valence-corrected chi connectivity index (χ2v) is 6.57. The predicted molar refractivity (Wildman–Crippen MR) is 86.3 cm³/mol. The van der Waals surface area contributed by atoms with Gasteiger partial charge in [0.05, 0.1) is 23.9 Å². The number of benzene rings is 1. The van der Waals surface area contributed by atoms with Crippen LogP contribution in [-0.4, -0.2) is 28.9 Å². The summed E-state index contributed by atoms with van der Waals surface area (Å²) < 4.78 is 20.4. The second kappa shape index (κ2) is 6.02. The number of hydrogen-bond acceptors (Lipinski definition) is 3. The van der Waals surface area contributed by atoms with Crippen molar-refractivity contribution in [2.24, 2.45) is 7.05 Å². The van der Waals surface area contributed by atoms with Gasteiger partial charge in [-0.15, -0.1) is 0 Å². The molecule has 1 aromatic carbocycles. The van der Waals surface area contributed by atoms with Crippen LogP contribution < -0.4 is 5.32 Å². The van der Waals surface area contributed by atoms with Gasteiger partial charge in [0, 0.05) is 25.8 Å². The number of aromatic nitrogens is 2. The lowest BCUT2D eigenvalue weighted by molar-refractivity contribution is 0.0935. The normalized spacial score (nSPS) is 22.6. The summed E-state index contributed by atoms with van der Waals surface area (Å²) in [6.07, 6.45) is 4.24. The third-order valence-electron chi connectivity index (χ3n) is 4.91. The van der Waals surface area contributed by atoms with Gasteiger partial charge in [-0.1, -0.05) is 6.07 Å². The molecule has 5 nitrogen and oxygen atoms in total. The van der Waals surface area contributed by atoms with Crippen LogP contribution >= 0.6 is 0 Å². The molecule has 0 radical (unpaired) electrons. The lowest BCUT2D eigenvalue weighted by atomic mass is 10.0. The molecule has 126 valence electrons. The molecule has 2 aromatic rings. The maximum atomic E-state index is 13.3. The van der Waals surface area contributed by atoms with Gasteiger partial charge in [-0.3, -0.25) is 9.48 Å². The summed E-state index contributed by atoms with van der Waals surface area (Å²) in [5.74, 6) is -0.166. The molecule has 1 N–H and O–H groups in total. The zero-order valence-electron chi connectivity index (χ0n) is 13.6. The van der Waals surface area contributed by atoms with E-state index in [1.165, 1.54) is 6.07 Å². The monoisotopic (exact) mass is 329 g/mol. The molecule has 1 saturated heterocycles. The van der Waals surface area contributed by atoms with Crippen LogP contribution in [0.25, 0.3) is 0 Å². The summed E-state index contributed by atoms with van der Waals surface area (Å²) in [5.41, 5.74) is 3.42. The van der Waals surface area contributed by atoms with Gasteiger partial charge in [0.2, 0.25) is 0 Å². The van der Waals surface area contributed by atoms with E-state index < -0.39 is 0 Å². The lowest BCUT2D eigenvalue weighted by Crippen LogP contribution is -2.28. The molecule has 0 unspecified atom stereocenters. The van der Waals surface area contributed by atoms with Gasteiger partial charge in [-0.25, -0.2) is 4.39 Å². The fourth-order valence-electron chi connectivity index (χ4n) is 3.70.